The molecule has 1 aromatic heterocycles. The van der Waals surface area contributed by atoms with E-state index in [0.717, 1.165) is 24.0 Å². The van der Waals surface area contributed by atoms with Crippen molar-refractivity contribution in [1.29, 1.82) is 0 Å². The highest BCUT2D eigenvalue weighted by Crippen LogP contribution is 2.15. The van der Waals surface area contributed by atoms with Gasteiger partial charge in [0.2, 0.25) is 0 Å². The highest BCUT2D eigenvalue weighted by molar-refractivity contribution is 5.60. The van der Waals surface area contributed by atoms with Gasteiger partial charge in [0, 0.05) is 22.7 Å². The zero-order valence-electron chi connectivity index (χ0n) is 9.36. The SMILES string of the molecule is CC1(N)C=c2oc3c(c2=CC1)C=CC=CC3. The summed E-state index contributed by atoms with van der Waals surface area (Å²) in [6, 6.07) is 0. The van der Waals surface area contributed by atoms with Gasteiger partial charge in [0.25, 0.3) is 0 Å². The summed E-state index contributed by atoms with van der Waals surface area (Å²) in [6.07, 6.45) is 14.3. The van der Waals surface area contributed by atoms with Crippen LogP contribution in [0.2, 0.25) is 0 Å². The van der Waals surface area contributed by atoms with Crippen molar-refractivity contribution in [2.24, 2.45) is 5.73 Å². The van der Waals surface area contributed by atoms with Crippen LogP contribution in [0.5, 0.6) is 0 Å². The van der Waals surface area contributed by atoms with Gasteiger partial charge in [-0.05, 0) is 19.4 Å². The molecule has 1 atom stereocenters. The number of rotatable bonds is 0. The van der Waals surface area contributed by atoms with Crippen molar-refractivity contribution in [1.82, 2.24) is 0 Å². The van der Waals surface area contributed by atoms with E-state index >= 15 is 0 Å². The molecule has 2 nitrogen and oxygen atoms in total. The highest BCUT2D eigenvalue weighted by atomic mass is 16.3. The van der Waals surface area contributed by atoms with E-state index in [1.807, 2.05) is 13.0 Å². The zero-order valence-corrected chi connectivity index (χ0v) is 9.36. The van der Waals surface area contributed by atoms with E-state index in [2.05, 4.69) is 30.4 Å². The van der Waals surface area contributed by atoms with Crippen molar-refractivity contribution in [3.8, 4) is 0 Å². The molecule has 0 amide bonds. The standard InChI is InChI=1S/C14H15NO/c1-14(15)8-7-11-10-5-3-2-4-6-12(10)16-13(11)9-14/h2-5,7,9H,6,8,15H2,1H3. The summed E-state index contributed by atoms with van der Waals surface area (Å²) in [7, 11) is 0. The molecule has 1 heterocycles. The third-order valence-electron chi connectivity index (χ3n) is 3.11. The lowest BCUT2D eigenvalue weighted by Crippen LogP contribution is -2.41. The first-order chi connectivity index (χ1) is 7.66. The van der Waals surface area contributed by atoms with Crippen molar-refractivity contribution in [3.63, 3.8) is 0 Å². The topological polar surface area (TPSA) is 39.2 Å². The third-order valence-corrected chi connectivity index (χ3v) is 3.11. The first-order valence-corrected chi connectivity index (χ1v) is 5.63. The lowest BCUT2D eigenvalue weighted by atomic mass is 9.94. The first-order valence-electron chi connectivity index (χ1n) is 5.63. The Morgan fingerprint density at radius 2 is 2.25 bits per heavy atom. The molecule has 1 unspecified atom stereocenters. The maximum Gasteiger partial charge on any atom is 0.132 e. The van der Waals surface area contributed by atoms with Crippen molar-refractivity contribution >= 4 is 18.2 Å². The van der Waals surface area contributed by atoms with E-state index in [1.54, 1.807) is 0 Å². The van der Waals surface area contributed by atoms with Crippen molar-refractivity contribution in [3.05, 3.63) is 40.2 Å². The summed E-state index contributed by atoms with van der Waals surface area (Å²) in [5.74, 6) is 1.04. The molecular weight excluding hydrogens is 198 g/mol. The van der Waals surface area contributed by atoms with E-state index < -0.39 is 0 Å². The fourth-order valence-corrected chi connectivity index (χ4v) is 2.26. The Kier molecular flexibility index (Phi) is 1.95. The number of nitrogens with two attached hydrogens (primary N) is 1. The first kappa shape index (κ1) is 9.67. The Morgan fingerprint density at radius 1 is 1.38 bits per heavy atom. The molecule has 0 spiro atoms. The minimum Gasteiger partial charge on any atom is -0.460 e. The van der Waals surface area contributed by atoms with Gasteiger partial charge in [-0.2, -0.15) is 0 Å². The molecule has 0 aliphatic heterocycles. The quantitative estimate of drug-likeness (QED) is 0.700. The lowest BCUT2D eigenvalue weighted by molar-refractivity contribution is 0.480. The fourth-order valence-electron chi connectivity index (χ4n) is 2.26. The molecule has 2 aliphatic rings. The van der Waals surface area contributed by atoms with E-state index in [1.165, 1.54) is 10.8 Å². The summed E-state index contributed by atoms with van der Waals surface area (Å²) in [5, 5.41) is 1.21. The van der Waals surface area contributed by atoms with Gasteiger partial charge < -0.3 is 10.2 Å². The van der Waals surface area contributed by atoms with E-state index in [9.17, 15) is 0 Å². The average Bonchev–Trinajstić information content (AvgIpc) is 2.41. The van der Waals surface area contributed by atoms with Gasteiger partial charge in [-0.3, -0.25) is 0 Å². The van der Waals surface area contributed by atoms with Crippen LogP contribution in [-0.2, 0) is 6.42 Å². The summed E-state index contributed by atoms with van der Waals surface area (Å²) >= 11 is 0. The van der Waals surface area contributed by atoms with Crippen LogP contribution < -0.4 is 16.4 Å². The Balaban J connectivity index is 2.29. The van der Waals surface area contributed by atoms with Gasteiger partial charge in [0.15, 0.2) is 0 Å². The zero-order chi connectivity index (χ0) is 11.2. The van der Waals surface area contributed by atoms with Crippen LogP contribution >= 0.6 is 0 Å². The number of allylic oxidation sites excluding steroid dienone is 3. The van der Waals surface area contributed by atoms with Crippen LogP contribution in [0, 0.1) is 0 Å². The maximum atomic E-state index is 6.10. The molecule has 0 saturated carbocycles. The van der Waals surface area contributed by atoms with Gasteiger partial charge in [-0.1, -0.05) is 30.4 Å². The fraction of sp³-hybridized carbons (Fsp3) is 0.286. The molecule has 0 fully saturated rings. The van der Waals surface area contributed by atoms with Crippen LogP contribution in [0.1, 0.15) is 24.7 Å². The molecule has 3 rings (SSSR count). The van der Waals surface area contributed by atoms with Crippen molar-refractivity contribution in [2.45, 2.75) is 25.3 Å². The Morgan fingerprint density at radius 3 is 3.12 bits per heavy atom. The molecular formula is C14H15NO. The number of hydrogen-bond donors (Lipinski definition) is 1. The smallest absolute Gasteiger partial charge is 0.132 e. The number of furan rings is 1. The Hall–Kier alpha value is -1.54. The second-order valence-electron chi connectivity index (χ2n) is 4.77. The van der Waals surface area contributed by atoms with Gasteiger partial charge in [-0.25, -0.2) is 0 Å². The van der Waals surface area contributed by atoms with E-state index in [-0.39, 0.29) is 5.54 Å². The molecule has 0 radical (unpaired) electrons. The Labute approximate surface area is 94.4 Å². The predicted octanol–water partition coefficient (Wildman–Crippen LogP) is 1.09. The van der Waals surface area contributed by atoms with Gasteiger partial charge in [-0.15, -0.1) is 0 Å². The van der Waals surface area contributed by atoms with Crippen LogP contribution in [0.25, 0.3) is 18.2 Å². The van der Waals surface area contributed by atoms with Gasteiger partial charge in [0.1, 0.15) is 11.2 Å². The summed E-state index contributed by atoms with van der Waals surface area (Å²) in [6.45, 7) is 2.02. The maximum absolute atomic E-state index is 6.10. The van der Waals surface area contributed by atoms with Crippen LogP contribution in [-0.4, -0.2) is 5.54 Å². The second-order valence-corrected chi connectivity index (χ2v) is 4.77. The number of fused-ring (bicyclic) bond motifs is 3. The largest absolute Gasteiger partial charge is 0.460 e. The van der Waals surface area contributed by atoms with Gasteiger partial charge >= 0.3 is 0 Å². The molecule has 2 heteroatoms. The van der Waals surface area contributed by atoms with Crippen LogP contribution in [0.3, 0.4) is 0 Å². The minimum atomic E-state index is -0.275. The summed E-state index contributed by atoms with van der Waals surface area (Å²) in [4.78, 5) is 0. The highest BCUT2D eigenvalue weighted by Gasteiger charge is 2.20. The molecule has 0 bridgehead atoms. The Bertz CT molecular complexity index is 599. The average molecular weight is 213 g/mol. The molecule has 2 aliphatic carbocycles. The minimum absolute atomic E-state index is 0.275. The van der Waals surface area contributed by atoms with Gasteiger partial charge in [0.05, 0.1) is 0 Å². The monoisotopic (exact) mass is 213 g/mol. The van der Waals surface area contributed by atoms with E-state index in [4.69, 9.17) is 10.2 Å². The molecule has 82 valence electrons. The third kappa shape index (κ3) is 1.46. The molecule has 2 N–H and O–H groups in total. The van der Waals surface area contributed by atoms with Crippen molar-refractivity contribution in [2.75, 3.05) is 0 Å². The summed E-state index contributed by atoms with van der Waals surface area (Å²) < 4.78 is 5.87. The van der Waals surface area contributed by atoms with Crippen LogP contribution in [0.15, 0.2) is 22.6 Å². The van der Waals surface area contributed by atoms with Crippen molar-refractivity contribution < 1.29 is 4.42 Å². The lowest BCUT2D eigenvalue weighted by Gasteiger charge is -2.19. The summed E-state index contributed by atoms with van der Waals surface area (Å²) in [5.41, 5.74) is 7.97. The molecule has 16 heavy (non-hydrogen) atoms. The van der Waals surface area contributed by atoms with Crippen LogP contribution in [0.4, 0.5) is 0 Å². The molecule has 0 saturated heterocycles. The number of hydrogen-bond acceptors (Lipinski definition) is 2. The normalized spacial score (nSPS) is 26.4. The van der Waals surface area contributed by atoms with E-state index in [0.29, 0.717) is 0 Å². The molecule has 0 aromatic carbocycles. The predicted molar refractivity (Wildman–Crippen MR) is 66.0 cm³/mol. The second kappa shape index (κ2) is 3.22. The molecule has 1 aromatic rings.